The van der Waals surface area contributed by atoms with Crippen LogP contribution in [0.5, 0.6) is 0 Å². The number of anilines is 1. The molecule has 18 heavy (non-hydrogen) atoms. The van der Waals surface area contributed by atoms with Gasteiger partial charge in [0.2, 0.25) is 5.91 Å². The third-order valence-electron chi connectivity index (χ3n) is 2.61. The van der Waals surface area contributed by atoms with Crippen LogP contribution in [0.1, 0.15) is 11.5 Å². The Labute approximate surface area is 107 Å². The van der Waals surface area contributed by atoms with Crippen LogP contribution in [-0.4, -0.2) is 35.8 Å². The maximum atomic E-state index is 11.1. The molecule has 2 rings (SSSR count). The van der Waals surface area contributed by atoms with E-state index < -0.39 is 8.07 Å². The predicted octanol–water partition coefficient (Wildman–Crippen LogP) is 1.22. The molecule has 0 radical (unpaired) electrons. The third kappa shape index (κ3) is 3.57. The van der Waals surface area contributed by atoms with Crippen LogP contribution in [0.4, 0.5) is 5.82 Å². The van der Waals surface area contributed by atoms with Crippen LogP contribution < -0.4 is 5.32 Å². The van der Waals surface area contributed by atoms with Crippen molar-refractivity contribution in [2.24, 2.45) is 0 Å². The lowest BCUT2D eigenvalue weighted by Crippen LogP contribution is -2.21. The first-order valence-corrected chi connectivity index (χ1v) is 9.75. The van der Waals surface area contributed by atoms with Gasteiger partial charge in [0.15, 0.2) is 11.6 Å². The topological polar surface area (TPSA) is 77.0 Å². The fraction of sp³-hybridized carbons (Fsp3) is 0.636. The van der Waals surface area contributed by atoms with E-state index in [2.05, 4.69) is 40.1 Å². The highest BCUT2D eigenvalue weighted by Gasteiger charge is 2.21. The molecule has 0 unspecified atom stereocenters. The summed E-state index contributed by atoms with van der Waals surface area (Å²) in [6, 6.07) is 1.11. The molecule has 1 aromatic heterocycles. The maximum Gasteiger partial charge on any atom is 0.231 e. The zero-order valence-corrected chi connectivity index (χ0v) is 12.0. The normalized spacial score (nSPS) is 14.5. The number of nitrogens with one attached hydrogen (secondary N) is 1. The van der Waals surface area contributed by atoms with Crippen LogP contribution in [0, 0.1) is 0 Å². The van der Waals surface area contributed by atoms with Crippen LogP contribution >= 0.6 is 0 Å². The van der Waals surface area contributed by atoms with Crippen molar-refractivity contribution < 1.29 is 9.53 Å². The van der Waals surface area contributed by atoms with Gasteiger partial charge < -0.3 is 10.1 Å². The van der Waals surface area contributed by atoms with Gasteiger partial charge in [-0.2, -0.15) is 0 Å². The van der Waals surface area contributed by atoms with Crippen LogP contribution in [-0.2, 0) is 22.6 Å². The minimum absolute atomic E-state index is 0.0800. The highest BCUT2D eigenvalue weighted by Crippen LogP contribution is 2.16. The summed E-state index contributed by atoms with van der Waals surface area (Å²) < 4.78 is 5.54. The van der Waals surface area contributed by atoms with Crippen LogP contribution in [0.25, 0.3) is 0 Å². The van der Waals surface area contributed by atoms with E-state index in [1.54, 1.807) is 0 Å². The Morgan fingerprint density at radius 3 is 2.83 bits per heavy atom. The van der Waals surface area contributed by atoms with Gasteiger partial charge in [0.25, 0.3) is 0 Å². The lowest BCUT2D eigenvalue weighted by Gasteiger charge is -2.14. The maximum absolute atomic E-state index is 11.1. The lowest BCUT2D eigenvalue weighted by molar-refractivity contribution is -0.115. The molecular formula is C11H18N4O2Si. The molecule has 1 N–H and O–H groups in total. The molecule has 1 amide bonds. The number of carbonyl (C=O) groups is 1. The molecule has 6 nitrogen and oxygen atoms in total. The summed E-state index contributed by atoms with van der Waals surface area (Å²) in [6.07, 6.45) is 0.270. The number of nitrogens with zero attached hydrogens (tertiary/aromatic N) is 3. The smallest absolute Gasteiger partial charge is 0.231 e. The highest BCUT2D eigenvalue weighted by molar-refractivity contribution is 6.76. The molecule has 0 spiro atoms. The first-order chi connectivity index (χ1) is 8.44. The van der Waals surface area contributed by atoms with E-state index >= 15 is 0 Å². The Hall–Kier alpha value is -1.34. The molecule has 98 valence electrons. The molecule has 2 heterocycles. The monoisotopic (exact) mass is 266 g/mol. The van der Waals surface area contributed by atoms with E-state index in [1.807, 2.05) is 0 Å². The number of hydrogen-bond acceptors (Lipinski definition) is 5. The van der Waals surface area contributed by atoms with Crippen molar-refractivity contribution in [3.63, 3.8) is 0 Å². The molecule has 1 aromatic rings. The summed E-state index contributed by atoms with van der Waals surface area (Å²) in [5.41, 5.74) is 0.617. The summed E-state index contributed by atoms with van der Waals surface area (Å²) in [5.74, 6) is 0.967. The van der Waals surface area contributed by atoms with Gasteiger partial charge in [-0.3, -0.25) is 4.79 Å². The van der Waals surface area contributed by atoms with Crippen molar-refractivity contribution in [2.45, 2.75) is 38.7 Å². The summed E-state index contributed by atoms with van der Waals surface area (Å²) in [5, 5.41) is 10.6. The third-order valence-corrected chi connectivity index (χ3v) is 4.32. The van der Waals surface area contributed by atoms with Crippen LogP contribution in [0.3, 0.4) is 0 Å². The van der Waals surface area contributed by atoms with E-state index in [1.165, 1.54) is 0 Å². The fourth-order valence-electron chi connectivity index (χ4n) is 1.53. The number of amides is 1. The number of aromatic nitrogens is 3. The summed E-state index contributed by atoms with van der Waals surface area (Å²) in [4.78, 5) is 15.4. The minimum Gasteiger partial charge on any atom is -0.374 e. The van der Waals surface area contributed by atoms with Crippen molar-refractivity contribution in [1.29, 1.82) is 0 Å². The summed E-state index contributed by atoms with van der Waals surface area (Å²) >= 11 is 0. The molecule has 0 atom stereocenters. The first kappa shape index (κ1) is 13.1. The second kappa shape index (κ2) is 5.11. The summed E-state index contributed by atoms with van der Waals surface area (Å²) in [7, 11) is -1.06. The number of hydrogen-bond donors (Lipinski definition) is 1. The Morgan fingerprint density at radius 2 is 2.11 bits per heavy atom. The van der Waals surface area contributed by atoms with Crippen LogP contribution in [0.2, 0.25) is 25.7 Å². The molecule has 7 heteroatoms. The quantitative estimate of drug-likeness (QED) is 0.640. The largest absolute Gasteiger partial charge is 0.374 e. The Balaban J connectivity index is 1.84. The zero-order valence-electron chi connectivity index (χ0n) is 11.0. The second-order valence-corrected chi connectivity index (χ2v) is 11.2. The number of fused-ring (bicyclic) bond motifs is 1. The number of ether oxygens (including phenoxy) is 1. The SMILES string of the molecule is C[Si](C)(C)CCOCc1nnc2c(n1)NC(=O)C2. The Morgan fingerprint density at radius 1 is 1.33 bits per heavy atom. The van der Waals surface area contributed by atoms with Gasteiger partial charge in [0.1, 0.15) is 12.3 Å². The van der Waals surface area contributed by atoms with E-state index in [0.717, 1.165) is 12.7 Å². The van der Waals surface area contributed by atoms with E-state index in [0.29, 0.717) is 23.9 Å². The van der Waals surface area contributed by atoms with Crippen molar-refractivity contribution in [3.05, 3.63) is 11.5 Å². The van der Waals surface area contributed by atoms with Gasteiger partial charge in [-0.15, -0.1) is 10.2 Å². The van der Waals surface area contributed by atoms with Gasteiger partial charge >= 0.3 is 0 Å². The molecular weight excluding hydrogens is 248 g/mol. The molecule has 0 saturated carbocycles. The Kier molecular flexibility index (Phi) is 3.72. The van der Waals surface area contributed by atoms with Gasteiger partial charge in [-0.1, -0.05) is 19.6 Å². The highest BCUT2D eigenvalue weighted by atomic mass is 28.3. The molecule has 1 aliphatic rings. The molecule has 0 saturated heterocycles. The van der Waals surface area contributed by atoms with Gasteiger partial charge in [-0.05, 0) is 6.04 Å². The minimum atomic E-state index is -1.06. The van der Waals surface area contributed by atoms with Crippen molar-refractivity contribution in [3.8, 4) is 0 Å². The van der Waals surface area contributed by atoms with Crippen molar-refractivity contribution in [1.82, 2.24) is 15.2 Å². The average Bonchev–Trinajstić information content (AvgIpc) is 2.62. The van der Waals surface area contributed by atoms with Crippen molar-refractivity contribution in [2.75, 3.05) is 11.9 Å². The number of carbonyl (C=O) groups excluding carboxylic acids is 1. The number of rotatable bonds is 5. The standard InChI is InChI=1S/C11H18N4O2Si/c1-18(2,3)5-4-17-7-9-12-11-8(14-15-9)6-10(16)13-11/h4-7H2,1-3H3,(H,12,13,15,16). The van der Waals surface area contributed by atoms with Gasteiger partial charge in [0.05, 0.1) is 6.42 Å². The Bertz CT molecular complexity index is 459. The fourth-order valence-corrected chi connectivity index (χ4v) is 2.29. The predicted molar refractivity (Wildman–Crippen MR) is 70.0 cm³/mol. The van der Waals surface area contributed by atoms with Crippen LogP contribution in [0.15, 0.2) is 0 Å². The molecule has 0 bridgehead atoms. The molecule has 0 fully saturated rings. The average molecular weight is 266 g/mol. The summed E-state index contributed by atoms with van der Waals surface area (Å²) in [6.45, 7) is 7.99. The van der Waals surface area contributed by atoms with E-state index in [9.17, 15) is 4.79 Å². The lowest BCUT2D eigenvalue weighted by atomic mass is 10.4. The van der Waals surface area contributed by atoms with E-state index in [-0.39, 0.29) is 12.3 Å². The van der Waals surface area contributed by atoms with Gasteiger partial charge in [-0.25, -0.2) is 4.98 Å². The molecule has 1 aliphatic heterocycles. The first-order valence-electron chi connectivity index (χ1n) is 6.04. The second-order valence-electron chi connectivity index (χ2n) is 5.61. The van der Waals surface area contributed by atoms with Crippen molar-refractivity contribution >= 4 is 19.8 Å². The molecule has 0 aliphatic carbocycles. The molecule has 0 aromatic carbocycles. The van der Waals surface area contributed by atoms with E-state index in [4.69, 9.17) is 4.74 Å². The van der Waals surface area contributed by atoms with Gasteiger partial charge in [0, 0.05) is 14.7 Å². The zero-order chi connectivity index (χ0) is 13.2.